The zero-order valence-electron chi connectivity index (χ0n) is 12.1. The molecule has 0 spiro atoms. The highest BCUT2D eigenvalue weighted by atomic mass is 79.9. The van der Waals surface area contributed by atoms with Gasteiger partial charge in [-0.25, -0.2) is 0 Å². The van der Waals surface area contributed by atoms with E-state index >= 15 is 0 Å². The minimum atomic E-state index is 0.144. The standard InChI is InChI=1S/C15H22BrN3O/c1-9(2)19-7-11(16)5-14(19)15(20)18-6-10-3-4-13(17)12(10)8-18/h5,7,9-10,12-13H,3-4,6,8,17H2,1-2H3. The van der Waals surface area contributed by atoms with Crippen LogP contribution < -0.4 is 5.73 Å². The van der Waals surface area contributed by atoms with Crippen LogP contribution in [0.2, 0.25) is 0 Å². The quantitative estimate of drug-likeness (QED) is 0.900. The highest BCUT2D eigenvalue weighted by Crippen LogP contribution is 2.37. The van der Waals surface area contributed by atoms with E-state index in [9.17, 15) is 4.79 Å². The normalized spacial score (nSPS) is 29.2. The molecule has 2 aliphatic rings. The summed E-state index contributed by atoms with van der Waals surface area (Å²) in [5.41, 5.74) is 6.93. The molecule has 3 rings (SSSR count). The lowest BCUT2D eigenvalue weighted by atomic mass is 9.98. The molecule has 1 amide bonds. The first-order valence-corrected chi connectivity index (χ1v) is 8.19. The highest BCUT2D eigenvalue weighted by Gasteiger charge is 2.43. The topological polar surface area (TPSA) is 51.3 Å². The molecule has 1 saturated carbocycles. The lowest BCUT2D eigenvalue weighted by molar-refractivity contribution is 0.0767. The summed E-state index contributed by atoms with van der Waals surface area (Å²) in [5, 5.41) is 0. The molecule has 0 aromatic carbocycles. The highest BCUT2D eigenvalue weighted by molar-refractivity contribution is 9.10. The average molecular weight is 340 g/mol. The van der Waals surface area contributed by atoms with Crippen LogP contribution in [0.1, 0.15) is 43.2 Å². The fourth-order valence-corrected chi connectivity index (χ4v) is 4.12. The first-order chi connectivity index (χ1) is 9.47. The molecule has 3 atom stereocenters. The number of fused-ring (bicyclic) bond motifs is 1. The molecular weight excluding hydrogens is 318 g/mol. The number of rotatable bonds is 2. The Kier molecular flexibility index (Phi) is 3.67. The summed E-state index contributed by atoms with van der Waals surface area (Å²) < 4.78 is 3.01. The molecule has 1 aromatic heterocycles. The summed E-state index contributed by atoms with van der Waals surface area (Å²) in [6.07, 6.45) is 4.27. The van der Waals surface area contributed by atoms with Crippen molar-refractivity contribution in [1.82, 2.24) is 9.47 Å². The van der Waals surface area contributed by atoms with E-state index < -0.39 is 0 Å². The molecule has 1 aliphatic heterocycles. The molecule has 110 valence electrons. The molecule has 2 fully saturated rings. The first kappa shape index (κ1) is 14.1. The number of nitrogens with zero attached hydrogens (tertiary/aromatic N) is 2. The zero-order chi connectivity index (χ0) is 14.4. The van der Waals surface area contributed by atoms with Crippen molar-refractivity contribution in [3.63, 3.8) is 0 Å². The van der Waals surface area contributed by atoms with Gasteiger partial charge in [0.05, 0.1) is 0 Å². The molecule has 5 heteroatoms. The summed E-state index contributed by atoms with van der Waals surface area (Å²) >= 11 is 3.47. The molecule has 20 heavy (non-hydrogen) atoms. The Bertz CT molecular complexity index is 525. The second kappa shape index (κ2) is 5.19. The minimum Gasteiger partial charge on any atom is -0.340 e. The van der Waals surface area contributed by atoms with Gasteiger partial charge in [-0.2, -0.15) is 0 Å². The maximum atomic E-state index is 12.8. The van der Waals surface area contributed by atoms with Crippen LogP contribution in [0.15, 0.2) is 16.7 Å². The third-order valence-corrected chi connectivity index (χ3v) is 5.22. The maximum Gasteiger partial charge on any atom is 0.270 e. The second-order valence-electron chi connectivity index (χ2n) is 6.42. The van der Waals surface area contributed by atoms with E-state index in [1.165, 1.54) is 6.42 Å². The van der Waals surface area contributed by atoms with E-state index in [1.54, 1.807) is 0 Å². The minimum absolute atomic E-state index is 0.144. The van der Waals surface area contributed by atoms with Crippen LogP contribution in [0, 0.1) is 11.8 Å². The van der Waals surface area contributed by atoms with Gasteiger partial charge in [0.15, 0.2) is 0 Å². The maximum absolute atomic E-state index is 12.8. The molecular formula is C15H22BrN3O. The van der Waals surface area contributed by atoms with Crippen molar-refractivity contribution in [3.05, 3.63) is 22.4 Å². The number of aromatic nitrogens is 1. The number of carbonyl (C=O) groups is 1. The van der Waals surface area contributed by atoms with Crippen molar-refractivity contribution in [2.75, 3.05) is 13.1 Å². The lowest BCUT2D eigenvalue weighted by Gasteiger charge is -2.21. The van der Waals surface area contributed by atoms with Gasteiger partial charge in [0, 0.05) is 35.8 Å². The summed E-state index contributed by atoms with van der Waals surface area (Å²) in [4.78, 5) is 14.8. The van der Waals surface area contributed by atoms with Gasteiger partial charge < -0.3 is 15.2 Å². The fraction of sp³-hybridized carbons (Fsp3) is 0.667. The van der Waals surface area contributed by atoms with E-state index in [4.69, 9.17) is 5.73 Å². The Hall–Kier alpha value is -0.810. The number of likely N-dealkylation sites (tertiary alicyclic amines) is 1. The second-order valence-corrected chi connectivity index (χ2v) is 7.34. The summed E-state index contributed by atoms with van der Waals surface area (Å²) in [6, 6.07) is 2.49. The molecule has 3 unspecified atom stereocenters. The molecule has 0 radical (unpaired) electrons. The Balaban J connectivity index is 1.80. The van der Waals surface area contributed by atoms with Crippen molar-refractivity contribution < 1.29 is 4.79 Å². The number of amides is 1. The van der Waals surface area contributed by atoms with Crippen molar-refractivity contribution in [3.8, 4) is 0 Å². The SMILES string of the molecule is CC(C)n1cc(Br)cc1C(=O)N1CC2CCC(N)C2C1. The number of hydrogen-bond acceptors (Lipinski definition) is 2. The van der Waals surface area contributed by atoms with Crippen LogP contribution in [0.3, 0.4) is 0 Å². The Morgan fingerprint density at radius 2 is 2.15 bits per heavy atom. The lowest BCUT2D eigenvalue weighted by Crippen LogP contribution is -2.34. The fourth-order valence-electron chi connectivity index (χ4n) is 3.68. The van der Waals surface area contributed by atoms with Crippen LogP contribution in [0.5, 0.6) is 0 Å². The predicted molar refractivity (Wildman–Crippen MR) is 82.6 cm³/mol. The largest absolute Gasteiger partial charge is 0.340 e. The monoisotopic (exact) mass is 339 g/mol. The Morgan fingerprint density at radius 3 is 2.80 bits per heavy atom. The van der Waals surface area contributed by atoms with Gasteiger partial charge in [-0.05, 0) is 60.5 Å². The molecule has 0 bridgehead atoms. The third kappa shape index (κ3) is 2.31. The van der Waals surface area contributed by atoms with Gasteiger partial charge in [-0.1, -0.05) is 0 Å². The molecule has 2 heterocycles. The molecule has 4 nitrogen and oxygen atoms in total. The van der Waals surface area contributed by atoms with Gasteiger partial charge in [0.1, 0.15) is 5.69 Å². The zero-order valence-corrected chi connectivity index (χ0v) is 13.6. The number of hydrogen-bond donors (Lipinski definition) is 1. The van der Waals surface area contributed by atoms with Gasteiger partial charge >= 0.3 is 0 Å². The van der Waals surface area contributed by atoms with Crippen LogP contribution in [-0.4, -0.2) is 34.5 Å². The first-order valence-electron chi connectivity index (χ1n) is 7.39. The van der Waals surface area contributed by atoms with E-state index in [0.29, 0.717) is 11.8 Å². The molecule has 1 aliphatic carbocycles. The molecule has 1 saturated heterocycles. The molecule has 2 N–H and O–H groups in total. The predicted octanol–water partition coefficient (Wildman–Crippen LogP) is 2.64. The Labute approximate surface area is 128 Å². The van der Waals surface area contributed by atoms with Crippen molar-refractivity contribution in [1.29, 1.82) is 0 Å². The van der Waals surface area contributed by atoms with E-state index in [1.807, 2.05) is 21.7 Å². The van der Waals surface area contributed by atoms with Crippen molar-refractivity contribution in [2.24, 2.45) is 17.6 Å². The van der Waals surface area contributed by atoms with Gasteiger partial charge in [0.25, 0.3) is 5.91 Å². The summed E-state index contributed by atoms with van der Waals surface area (Å²) in [7, 11) is 0. The third-order valence-electron chi connectivity index (χ3n) is 4.79. The average Bonchev–Trinajstić information content (AvgIpc) is 3.05. The van der Waals surface area contributed by atoms with E-state index in [2.05, 4.69) is 29.8 Å². The van der Waals surface area contributed by atoms with E-state index in [-0.39, 0.29) is 18.0 Å². The number of halogens is 1. The summed E-state index contributed by atoms with van der Waals surface area (Å²) in [5.74, 6) is 1.26. The number of nitrogens with two attached hydrogens (primary N) is 1. The smallest absolute Gasteiger partial charge is 0.270 e. The van der Waals surface area contributed by atoms with Crippen molar-refractivity contribution in [2.45, 2.75) is 38.8 Å². The van der Waals surface area contributed by atoms with Crippen molar-refractivity contribution >= 4 is 21.8 Å². The van der Waals surface area contributed by atoms with Crippen LogP contribution >= 0.6 is 15.9 Å². The van der Waals surface area contributed by atoms with Crippen LogP contribution in [0.4, 0.5) is 0 Å². The van der Waals surface area contributed by atoms with Gasteiger partial charge in [-0.3, -0.25) is 4.79 Å². The molecule has 1 aromatic rings. The van der Waals surface area contributed by atoms with Gasteiger partial charge in [0.2, 0.25) is 0 Å². The number of carbonyl (C=O) groups excluding carboxylic acids is 1. The van der Waals surface area contributed by atoms with Crippen LogP contribution in [0.25, 0.3) is 0 Å². The summed E-state index contributed by atoms with van der Waals surface area (Å²) in [6.45, 7) is 5.89. The van der Waals surface area contributed by atoms with Crippen LogP contribution in [-0.2, 0) is 0 Å². The van der Waals surface area contributed by atoms with Gasteiger partial charge in [-0.15, -0.1) is 0 Å². The Morgan fingerprint density at radius 1 is 1.40 bits per heavy atom. The van der Waals surface area contributed by atoms with E-state index in [0.717, 1.165) is 29.7 Å².